The molecule has 0 aliphatic rings. The average molecular weight is 415 g/mol. The van der Waals surface area contributed by atoms with E-state index < -0.39 is 5.82 Å². The zero-order chi connectivity index (χ0) is 20.8. The number of hydrogen-bond acceptors (Lipinski definition) is 6. The lowest BCUT2D eigenvalue weighted by molar-refractivity contribution is -0.113. The Morgan fingerprint density at radius 2 is 1.86 bits per heavy atom. The highest BCUT2D eigenvalue weighted by atomic mass is 32.2. The van der Waals surface area contributed by atoms with Crippen LogP contribution in [0.15, 0.2) is 64.7 Å². The second-order valence-electron chi connectivity index (χ2n) is 5.79. The molecule has 1 heterocycles. The molecule has 1 amide bonds. The lowest BCUT2D eigenvalue weighted by Gasteiger charge is -2.10. The summed E-state index contributed by atoms with van der Waals surface area (Å²) in [7, 11) is 3.03. The fourth-order valence-corrected chi connectivity index (χ4v) is 3.24. The van der Waals surface area contributed by atoms with Crippen LogP contribution in [0.5, 0.6) is 11.5 Å². The van der Waals surface area contributed by atoms with E-state index in [-0.39, 0.29) is 22.2 Å². The summed E-state index contributed by atoms with van der Waals surface area (Å²) >= 11 is 1.02. The summed E-state index contributed by atoms with van der Waals surface area (Å²) in [6.45, 7) is 0. The number of methoxy groups -OCH3 is 2. The smallest absolute Gasteiger partial charge is 0.287 e. The van der Waals surface area contributed by atoms with Gasteiger partial charge >= 0.3 is 0 Å². The molecular formula is C20H18FN3O4S. The van der Waals surface area contributed by atoms with Crippen molar-refractivity contribution in [2.45, 2.75) is 5.03 Å². The van der Waals surface area contributed by atoms with Gasteiger partial charge in [-0.2, -0.15) is 0 Å². The first-order valence-electron chi connectivity index (χ1n) is 8.50. The third-order valence-electron chi connectivity index (χ3n) is 3.92. The molecule has 0 atom stereocenters. The molecule has 0 aliphatic heterocycles. The molecule has 9 heteroatoms. The van der Waals surface area contributed by atoms with E-state index in [1.165, 1.54) is 55.4 Å². The minimum absolute atomic E-state index is 0.00990. The number of rotatable bonds is 7. The molecule has 0 radical (unpaired) electrons. The average Bonchev–Trinajstić information content (AvgIpc) is 2.73. The molecule has 2 aromatic carbocycles. The van der Waals surface area contributed by atoms with Gasteiger partial charge in [-0.05, 0) is 36.4 Å². The summed E-state index contributed by atoms with van der Waals surface area (Å²) in [5.41, 5.74) is 0.663. The molecule has 0 bridgehead atoms. The van der Waals surface area contributed by atoms with E-state index in [1.54, 1.807) is 18.2 Å². The normalized spacial score (nSPS) is 10.4. The number of amides is 1. The monoisotopic (exact) mass is 415 g/mol. The van der Waals surface area contributed by atoms with Crippen LogP contribution in [0.25, 0.3) is 5.69 Å². The topological polar surface area (TPSA) is 82.5 Å². The Hall–Kier alpha value is -3.33. The Bertz CT molecular complexity index is 1070. The minimum atomic E-state index is -0.391. The molecule has 150 valence electrons. The van der Waals surface area contributed by atoms with Crippen molar-refractivity contribution in [3.05, 3.63) is 71.0 Å². The van der Waals surface area contributed by atoms with Crippen molar-refractivity contribution in [1.82, 2.24) is 9.55 Å². The van der Waals surface area contributed by atoms with Gasteiger partial charge in [0.15, 0.2) is 16.5 Å². The summed E-state index contributed by atoms with van der Waals surface area (Å²) in [5.74, 6) is 0.335. The van der Waals surface area contributed by atoms with Gasteiger partial charge in [0.05, 0.1) is 20.0 Å². The molecule has 0 aliphatic carbocycles. The van der Waals surface area contributed by atoms with Gasteiger partial charge in [-0.1, -0.05) is 11.8 Å². The number of anilines is 1. The lowest BCUT2D eigenvalue weighted by atomic mass is 10.2. The van der Waals surface area contributed by atoms with Crippen LogP contribution in [0.4, 0.5) is 10.1 Å². The van der Waals surface area contributed by atoms with Crippen molar-refractivity contribution in [2.75, 3.05) is 25.3 Å². The molecular weight excluding hydrogens is 397 g/mol. The van der Waals surface area contributed by atoms with E-state index in [2.05, 4.69) is 10.3 Å². The summed E-state index contributed by atoms with van der Waals surface area (Å²) in [6.07, 6.45) is 2.95. The van der Waals surface area contributed by atoms with Crippen molar-refractivity contribution in [3.8, 4) is 17.2 Å². The zero-order valence-corrected chi connectivity index (χ0v) is 16.5. The molecule has 0 unspecified atom stereocenters. The highest BCUT2D eigenvalue weighted by Gasteiger charge is 2.12. The number of benzene rings is 2. The Morgan fingerprint density at radius 3 is 2.55 bits per heavy atom. The van der Waals surface area contributed by atoms with Gasteiger partial charge in [-0.15, -0.1) is 0 Å². The van der Waals surface area contributed by atoms with E-state index in [1.807, 2.05) is 0 Å². The molecule has 0 spiro atoms. The van der Waals surface area contributed by atoms with Crippen LogP contribution in [-0.2, 0) is 4.79 Å². The number of hydrogen-bond donors (Lipinski definition) is 1. The maximum Gasteiger partial charge on any atom is 0.287 e. The van der Waals surface area contributed by atoms with Gasteiger partial charge in [0, 0.05) is 29.8 Å². The third kappa shape index (κ3) is 4.94. The first-order chi connectivity index (χ1) is 14.0. The number of carbonyl (C=O) groups excluding carboxylic acids is 1. The number of carbonyl (C=O) groups is 1. The van der Waals surface area contributed by atoms with Crippen LogP contribution in [0.2, 0.25) is 0 Å². The van der Waals surface area contributed by atoms with Crippen LogP contribution >= 0.6 is 11.8 Å². The maximum absolute atomic E-state index is 13.1. The predicted octanol–water partition coefficient (Wildman–Crippen LogP) is 3.12. The molecule has 7 nitrogen and oxygen atoms in total. The van der Waals surface area contributed by atoms with Gasteiger partial charge in [0.25, 0.3) is 5.56 Å². The molecule has 29 heavy (non-hydrogen) atoms. The van der Waals surface area contributed by atoms with Crippen molar-refractivity contribution in [3.63, 3.8) is 0 Å². The van der Waals surface area contributed by atoms with E-state index >= 15 is 0 Å². The number of nitrogens with one attached hydrogen (secondary N) is 1. The number of aromatic nitrogens is 2. The van der Waals surface area contributed by atoms with Gasteiger partial charge in [-0.3, -0.25) is 14.2 Å². The fourth-order valence-electron chi connectivity index (χ4n) is 2.54. The van der Waals surface area contributed by atoms with Crippen LogP contribution in [0.3, 0.4) is 0 Å². The Kier molecular flexibility index (Phi) is 6.50. The SMILES string of the molecule is COc1ccc(NC(=O)CSc2nccn(-c3ccc(F)cc3)c2=O)cc1OC. The molecule has 3 rings (SSSR count). The highest BCUT2D eigenvalue weighted by Crippen LogP contribution is 2.29. The van der Waals surface area contributed by atoms with Crippen molar-refractivity contribution >= 4 is 23.4 Å². The molecule has 0 saturated heterocycles. The van der Waals surface area contributed by atoms with Gasteiger partial charge in [0.2, 0.25) is 5.91 Å². The Balaban J connectivity index is 1.68. The largest absolute Gasteiger partial charge is 0.493 e. The summed E-state index contributed by atoms with van der Waals surface area (Å²) in [5, 5.41) is 2.90. The van der Waals surface area contributed by atoms with Crippen LogP contribution in [0, 0.1) is 5.82 Å². The Morgan fingerprint density at radius 1 is 1.14 bits per heavy atom. The quantitative estimate of drug-likeness (QED) is 0.597. The van der Waals surface area contributed by atoms with Crippen LogP contribution in [-0.4, -0.2) is 35.4 Å². The summed E-state index contributed by atoms with van der Waals surface area (Å²) < 4.78 is 24.8. The highest BCUT2D eigenvalue weighted by molar-refractivity contribution is 7.99. The third-order valence-corrected chi connectivity index (χ3v) is 4.88. The summed E-state index contributed by atoms with van der Waals surface area (Å²) in [4.78, 5) is 28.9. The Labute approximate surface area is 170 Å². The molecule has 1 N–H and O–H groups in total. The standard InChI is InChI=1S/C20H18FN3O4S/c1-27-16-8-5-14(11-17(16)28-2)23-18(25)12-29-19-20(26)24(10-9-22-19)15-6-3-13(21)4-7-15/h3-11H,12H2,1-2H3,(H,23,25). The molecule has 1 aromatic heterocycles. The van der Waals surface area contributed by atoms with Gasteiger partial charge in [-0.25, -0.2) is 9.37 Å². The zero-order valence-electron chi connectivity index (χ0n) is 15.7. The molecule has 3 aromatic rings. The number of halogens is 1. The van der Waals surface area contributed by atoms with Crippen LogP contribution in [0.1, 0.15) is 0 Å². The van der Waals surface area contributed by atoms with Crippen molar-refractivity contribution < 1.29 is 18.7 Å². The van der Waals surface area contributed by atoms with Gasteiger partial charge in [0.1, 0.15) is 5.82 Å². The first kappa shape index (κ1) is 20.4. The minimum Gasteiger partial charge on any atom is -0.493 e. The van der Waals surface area contributed by atoms with E-state index in [9.17, 15) is 14.0 Å². The number of nitrogens with zero attached hydrogens (tertiary/aromatic N) is 2. The predicted molar refractivity (Wildman–Crippen MR) is 109 cm³/mol. The van der Waals surface area contributed by atoms with E-state index in [4.69, 9.17) is 9.47 Å². The number of ether oxygens (including phenoxy) is 2. The second-order valence-corrected chi connectivity index (χ2v) is 6.75. The fraction of sp³-hybridized carbons (Fsp3) is 0.150. The van der Waals surface area contributed by atoms with Crippen molar-refractivity contribution in [1.29, 1.82) is 0 Å². The number of thioether (sulfide) groups is 1. The van der Waals surface area contributed by atoms with Gasteiger partial charge < -0.3 is 14.8 Å². The first-order valence-corrected chi connectivity index (χ1v) is 9.48. The van der Waals surface area contributed by atoms with Crippen molar-refractivity contribution in [2.24, 2.45) is 0 Å². The molecule has 0 saturated carbocycles. The lowest BCUT2D eigenvalue weighted by Crippen LogP contribution is -2.22. The maximum atomic E-state index is 13.1. The summed E-state index contributed by atoms with van der Waals surface area (Å²) in [6, 6.07) is 10.5. The second kappa shape index (κ2) is 9.24. The van der Waals surface area contributed by atoms with Crippen LogP contribution < -0.4 is 20.3 Å². The molecule has 0 fully saturated rings. The van der Waals surface area contributed by atoms with E-state index in [0.29, 0.717) is 22.9 Å². The van der Waals surface area contributed by atoms with E-state index in [0.717, 1.165) is 11.8 Å².